The molecule has 2 saturated heterocycles. The molecule has 0 saturated carbocycles. The molecule has 3 atom stereocenters. The number of rotatable bonds is 4. The molecule has 0 spiro atoms. The molecular weight excluding hydrogens is 333 g/mol. The zero-order chi connectivity index (χ0) is 18.1. The monoisotopic (exact) mass is 351 g/mol. The first kappa shape index (κ1) is 16.6. The molecule has 0 aliphatic carbocycles. The van der Waals surface area contributed by atoms with Crippen LogP contribution in [0.25, 0.3) is 11.1 Å². The maximum atomic E-state index is 14.0. The largest absolute Gasteiger partial charge is 0.448 e. The van der Waals surface area contributed by atoms with Crippen molar-refractivity contribution in [2.45, 2.75) is 18.0 Å². The Balaban J connectivity index is 1.54. The average Bonchev–Trinajstić information content (AvgIpc) is 3.04. The number of nitriles is 1. The summed E-state index contributed by atoms with van der Waals surface area (Å²) in [5.74, 6) is -0.269. The van der Waals surface area contributed by atoms with Crippen LogP contribution < -0.4 is 5.32 Å². The fourth-order valence-corrected chi connectivity index (χ4v) is 3.67. The Morgan fingerprint density at radius 2 is 2.00 bits per heavy atom. The quantitative estimate of drug-likeness (QED) is 0.920. The summed E-state index contributed by atoms with van der Waals surface area (Å²) in [5.41, 5.74) is 2.36. The van der Waals surface area contributed by atoms with Crippen LogP contribution in [0.2, 0.25) is 0 Å². The van der Waals surface area contributed by atoms with Crippen LogP contribution in [0.15, 0.2) is 48.5 Å². The van der Waals surface area contributed by atoms with Gasteiger partial charge in [0.25, 0.3) is 0 Å². The number of carbonyl (C=O) groups excluding carboxylic acids is 1. The predicted molar refractivity (Wildman–Crippen MR) is 93.8 cm³/mol. The van der Waals surface area contributed by atoms with Gasteiger partial charge in [-0.25, -0.2) is 9.18 Å². The van der Waals surface area contributed by atoms with E-state index in [4.69, 9.17) is 4.74 Å². The predicted octanol–water partition coefficient (Wildman–Crippen LogP) is 2.89. The van der Waals surface area contributed by atoms with E-state index in [2.05, 4.69) is 11.4 Å². The van der Waals surface area contributed by atoms with Crippen LogP contribution in [-0.4, -0.2) is 42.8 Å². The van der Waals surface area contributed by atoms with Gasteiger partial charge in [-0.3, -0.25) is 5.32 Å². The van der Waals surface area contributed by atoms with Gasteiger partial charge in [0.05, 0.1) is 12.6 Å². The van der Waals surface area contributed by atoms with Crippen LogP contribution in [0.3, 0.4) is 0 Å². The molecule has 2 heterocycles. The normalized spacial score (nSPS) is 24.7. The molecule has 1 amide bonds. The third-order valence-electron chi connectivity index (χ3n) is 5.07. The van der Waals surface area contributed by atoms with Crippen LogP contribution in [0.1, 0.15) is 11.5 Å². The van der Waals surface area contributed by atoms with Crippen molar-refractivity contribution in [1.29, 1.82) is 5.26 Å². The highest BCUT2D eigenvalue weighted by Crippen LogP contribution is 2.34. The topological polar surface area (TPSA) is 65.4 Å². The molecule has 0 unspecified atom stereocenters. The Morgan fingerprint density at radius 3 is 2.65 bits per heavy atom. The minimum Gasteiger partial charge on any atom is -0.448 e. The van der Waals surface area contributed by atoms with Crippen LogP contribution in [0.5, 0.6) is 0 Å². The van der Waals surface area contributed by atoms with Gasteiger partial charge < -0.3 is 9.64 Å². The molecule has 2 aromatic rings. The summed E-state index contributed by atoms with van der Waals surface area (Å²) < 4.78 is 18.9. The molecule has 2 aromatic carbocycles. The van der Waals surface area contributed by atoms with E-state index >= 15 is 0 Å². The third kappa shape index (κ3) is 2.91. The highest BCUT2D eigenvalue weighted by Gasteiger charge is 2.43. The number of hydrogen-bond acceptors (Lipinski definition) is 4. The number of cyclic esters (lactones) is 1. The Hall–Kier alpha value is -2.91. The number of hydrogen-bond donors (Lipinski definition) is 1. The first-order chi connectivity index (χ1) is 12.7. The summed E-state index contributed by atoms with van der Waals surface area (Å²) in [4.78, 5) is 13.3. The lowest BCUT2D eigenvalue weighted by Crippen LogP contribution is -2.62. The Bertz CT molecular complexity index is 862. The zero-order valence-electron chi connectivity index (χ0n) is 14.1. The number of nitrogens with zero attached hydrogens (tertiary/aromatic N) is 2. The summed E-state index contributed by atoms with van der Waals surface area (Å²) in [7, 11) is 0. The number of amides is 1. The molecule has 4 rings (SSSR count). The van der Waals surface area contributed by atoms with Crippen LogP contribution in [-0.2, 0) is 4.74 Å². The molecule has 2 aliphatic rings. The maximum absolute atomic E-state index is 14.0. The van der Waals surface area contributed by atoms with E-state index < -0.39 is 0 Å². The van der Waals surface area contributed by atoms with Crippen molar-refractivity contribution in [3.05, 3.63) is 59.9 Å². The molecular formula is C20H18FN3O2. The van der Waals surface area contributed by atoms with Crippen LogP contribution >= 0.6 is 0 Å². The second-order valence-electron chi connectivity index (χ2n) is 6.57. The van der Waals surface area contributed by atoms with Gasteiger partial charge in [-0.2, -0.15) is 5.26 Å². The molecule has 2 fully saturated rings. The van der Waals surface area contributed by atoms with Gasteiger partial charge in [0.2, 0.25) is 0 Å². The number of halogens is 1. The number of carbonyl (C=O) groups is 1. The van der Waals surface area contributed by atoms with Gasteiger partial charge in [0.15, 0.2) is 0 Å². The standard InChI is InChI=1S/C20H18FN3O2/c21-16-4-2-1-3-15(16)13-5-7-14(8-6-13)19-17(11-22)23-18(19)12-24-9-10-26-20(24)25/h1-8,17-19,23H,9-10,12H2/t17-,18-,19-/m0/s1. The Kier molecular flexibility index (Phi) is 4.31. The molecule has 2 aliphatic heterocycles. The van der Waals surface area contributed by atoms with Crippen molar-refractivity contribution < 1.29 is 13.9 Å². The van der Waals surface area contributed by atoms with E-state index in [1.54, 1.807) is 23.1 Å². The average molecular weight is 351 g/mol. The fourth-order valence-electron chi connectivity index (χ4n) is 3.67. The first-order valence-electron chi connectivity index (χ1n) is 8.59. The van der Waals surface area contributed by atoms with E-state index in [1.807, 2.05) is 24.3 Å². The maximum Gasteiger partial charge on any atom is 0.409 e. The summed E-state index contributed by atoms with van der Waals surface area (Å²) in [5, 5.41) is 12.6. The minimum absolute atomic E-state index is 0.00427. The smallest absolute Gasteiger partial charge is 0.409 e. The molecule has 6 heteroatoms. The second-order valence-corrected chi connectivity index (χ2v) is 6.57. The first-order valence-corrected chi connectivity index (χ1v) is 8.59. The van der Waals surface area contributed by atoms with Gasteiger partial charge in [-0.1, -0.05) is 42.5 Å². The molecule has 26 heavy (non-hydrogen) atoms. The van der Waals surface area contributed by atoms with E-state index in [0.29, 0.717) is 25.3 Å². The number of ether oxygens (including phenoxy) is 1. The lowest BCUT2D eigenvalue weighted by atomic mass is 9.77. The van der Waals surface area contributed by atoms with Crippen molar-refractivity contribution in [3.8, 4) is 17.2 Å². The van der Waals surface area contributed by atoms with E-state index in [-0.39, 0.29) is 29.9 Å². The number of nitrogens with one attached hydrogen (secondary N) is 1. The fraction of sp³-hybridized carbons (Fsp3) is 0.300. The van der Waals surface area contributed by atoms with Gasteiger partial charge in [0.1, 0.15) is 18.5 Å². The van der Waals surface area contributed by atoms with Crippen molar-refractivity contribution >= 4 is 6.09 Å². The van der Waals surface area contributed by atoms with E-state index in [0.717, 1.165) is 11.1 Å². The zero-order valence-corrected chi connectivity index (χ0v) is 14.1. The van der Waals surface area contributed by atoms with Crippen LogP contribution in [0.4, 0.5) is 9.18 Å². The lowest BCUT2D eigenvalue weighted by molar-refractivity contribution is 0.144. The molecule has 0 aromatic heterocycles. The van der Waals surface area contributed by atoms with Gasteiger partial charge in [-0.05, 0) is 17.2 Å². The molecule has 5 nitrogen and oxygen atoms in total. The third-order valence-corrected chi connectivity index (χ3v) is 5.07. The molecule has 0 radical (unpaired) electrons. The second kappa shape index (κ2) is 6.77. The summed E-state index contributed by atoms with van der Waals surface area (Å²) in [6.45, 7) is 1.50. The van der Waals surface area contributed by atoms with Crippen molar-refractivity contribution in [2.75, 3.05) is 19.7 Å². The van der Waals surface area contributed by atoms with Gasteiger partial charge in [0, 0.05) is 24.1 Å². The van der Waals surface area contributed by atoms with Crippen LogP contribution in [0, 0.1) is 17.1 Å². The SMILES string of the molecule is N#C[C@@H]1N[C@@H](CN2CCOC2=O)[C@H]1c1ccc(-c2ccccc2F)cc1. The highest BCUT2D eigenvalue weighted by molar-refractivity contribution is 5.69. The number of benzene rings is 2. The Morgan fingerprint density at radius 1 is 1.23 bits per heavy atom. The van der Waals surface area contributed by atoms with E-state index in [1.165, 1.54) is 6.07 Å². The molecule has 0 bridgehead atoms. The van der Waals surface area contributed by atoms with Crippen molar-refractivity contribution in [2.24, 2.45) is 0 Å². The van der Waals surface area contributed by atoms with Crippen molar-refractivity contribution in [1.82, 2.24) is 10.2 Å². The minimum atomic E-state index is -0.305. The lowest BCUT2D eigenvalue weighted by Gasteiger charge is -2.44. The highest BCUT2D eigenvalue weighted by atomic mass is 19.1. The van der Waals surface area contributed by atoms with E-state index in [9.17, 15) is 14.4 Å². The van der Waals surface area contributed by atoms with Gasteiger partial charge >= 0.3 is 6.09 Å². The Labute approximate surface area is 151 Å². The molecule has 1 N–H and O–H groups in total. The summed E-state index contributed by atoms with van der Waals surface area (Å²) in [6, 6.07) is 16.3. The van der Waals surface area contributed by atoms with Crippen molar-refractivity contribution in [3.63, 3.8) is 0 Å². The van der Waals surface area contributed by atoms with Gasteiger partial charge in [-0.15, -0.1) is 0 Å². The summed E-state index contributed by atoms with van der Waals surface area (Å²) in [6.07, 6.45) is -0.305. The summed E-state index contributed by atoms with van der Waals surface area (Å²) >= 11 is 0. The molecule has 132 valence electrons.